The van der Waals surface area contributed by atoms with E-state index in [4.69, 9.17) is 10.2 Å². The summed E-state index contributed by atoms with van der Waals surface area (Å²) in [5.41, 5.74) is 0. The Labute approximate surface area is 62.3 Å². The summed E-state index contributed by atoms with van der Waals surface area (Å²) in [4.78, 5) is 2.86. The predicted molar refractivity (Wildman–Crippen MR) is 43.8 cm³/mol. The van der Waals surface area contributed by atoms with Crippen LogP contribution in [0.1, 0.15) is 7.43 Å². The molecule has 0 amide bonds. The lowest BCUT2D eigenvalue weighted by atomic mass is 10.7. The molecule has 0 bridgehead atoms. The molecule has 62 valence electrons. The normalized spacial score (nSPS) is 5.20. The lowest BCUT2D eigenvalue weighted by molar-refractivity contribution is 0.399. The SMILES string of the molecule is C.CO.CO.c1cc[nH]c1. The van der Waals surface area contributed by atoms with Gasteiger partial charge < -0.3 is 15.2 Å². The molecule has 3 heteroatoms. The first kappa shape index (κ1) is 16.1. The maximum absolute atomic E-state index is 7.00. The number of aliphatic hydroxyl groups excluding tert-OH is 2. The number of hydrogen-bond donors (Lipinski definition) is 3. The highest BCUT2D eigenvalue weighted by Crippen LogP contribution is 1.72. The second kappa shape index (κ2) is 24.1. The number of aromatic amines is 1. The van der Waals surface area contributed by atoms with Crippen molar-refractivity contribution in [3.8, 4) is 0 Å². The zero-order valence-electron chi connectivity index (χ0n) is 5.70. The van der Waals surface area contributed by atoms with Crippen LogP contribution in [0.15, 0.2) is 24.5 Å². The van der Waals surface area contributed by atoms with Gasteiger partial charge in [0.2, 0.25) is 0 Å². The van der Waals surface area contributed by atoms with Crippen LogP contribution in [-0.4, -0.2) is 29.4 Å². The Kier molecular flexibility index (Phi) is 38.8. The fraction of sp³-hybridized carbons (Fsp3) is 0.429. The van der Waals surface area contributed by atoms with Gasteiger partial charge in [-0.25, -0.2) is 0 Å². The summed E-state index contributed by atoms with van der Waals surface area (Å²) < 4.78 is 0. The molecule has 0 radical (unpaired) electrons. The Balaban J connectivity index is -0.0000000875. The van der Waals surface area contributed by atoms with Crippen molar-refractivity contribution in [1.29, 1.82) is 0 Å². The van der Waals surface area contributed by atoms with Crippen LogP contribution in [0.5, 0.6) is 0 Å². The van der Waals surface area contributed by atoms with Gasteiger partial charge in [-0.1, -0.05) is 7.43 Å². The van der Waals surface area contributed by atoms with Gasteiger partial charge in [-0.15, -0.1) is 0 Å². The van der Waals surface area contributed by atoms with E-state index in [0.29, 0.717) is 0 Å². The van der Waals surface area contributed by atoms with Gasteiger partial charge in [0.05, 0.1) is 0 Å². The molecule has 1 aromatic heterocycles. The van der Waals surface area contributed by atoms with Gasteiger partial charge >= 0.3 is 0 Å². The van der Waals surface area contributed by atoms with E-state index >= 15 is 0 Å². The van der Waals surface area contributed by atoms with E-state index in [0.717, 1.165) is 14.2 Å². The molecule has 0 unspecified atom stereocenters. The third-order valence-corrected chi connectivity index (χ3v) is 0.496. The Morgan fingerprint density at radius 2 is 1.20 bits per heavy atom. The van der Waals surface area contributed by atoms with Crippen LogP contribution in [0.3, 0.4) is 0 Å². The van der Waals surface area contributed by atoms with Crippen molar-refractivity contribution in [1.82, 2.24) is 4.98 Å². The summed E-state index contributed by atoms with van der Waals surface area (Å²) in [6, 6.07) is 3.89. The van der Waals surface area contributed by atoms with Gasteiger partial charge in [0, 0.05) is 26.6 Å². The van der Waals surface area contributed by atoms with Crippen molar-refractivity contribution in [3.63, 3.8) is 0 Å². The molecular formula is C7H17NO2. The molecule has 0 aliphatic rings. The molecule has 0 aromatic carbocycles. The lowest BCUT2D eigenvalue weighted by Crippen LogP contribution is -1.38. The van der Waals surface area contributed by atoms with Gasteiger partial charge in [-0.2, -0.15) is 0 Å². The van der Waals surface area contributed by atoms with Gasteiger partial charge in [0.1, 0.15) is 0 Å². The fourth-order valence-electron chi connectivity index (χ4n) is 0.278. The minimum Gasteiger partial charge on any atom is -0.400 e. The Morgan fingerprint density at radius 3 is 1.30 bits per heavy atom. The van der Waals surface area contributed by atoms with E-state index in [-0.39, 0.29) is 7.43 Å². The van der Waals surface area contributed by atoms with Crippen LogP contribution in [0.4, 0.5) is 0 Å². The maximum Gasteiger partial charge on any atom is 0.0319 e. The van der Waals surface area contributed by atoms with Crippen molar-refractivity contribution in [2.24, 2.45) is 0 Å². The highest BCUT2D eigenvalue weighted by molar-refractivity contribution is 4.84. The monoisotopic (exact) mass is 147 g/mol. The average Bonchev–Trinajstić information content (AvgIpc) is 2.51. The molecule has 1 rings (SSSR count). The summed E-state index contributed by atoms with van der Waals surface area (Å²) in [5.74, 6) is 0. The standard InChI is InChI=1S/C4H5N.2CH4O.CH4/c1-2-4-5-3-1;2*1-2;/h1-5H;2*2H,1H3;1H4. The zero-order valence-corrected chi connectivity index (χ0v) is 5.70. The van der Waals surface area contributed by atoms with E-state index in [1.54, 1.807) is 0 Å². The molecule has 1 aromatic rings. The van der Waals surface area contributed by atoms with E-state index < -0.39 is 0 Å². The lowest BCUT2D eigenvalue weighted by Gasteiger charge is -1.49. The minimum atomic E-state index is 0. The Bertz CT molecular complexity index is 68.1. The van der Waals surface area contributed by atoms with Crippen molar-refractivity contribution < 1.29 is 10.2 Å². The van der Waals surface area contributed by atoms with E-state index in [9.17, 15) is 0 Å². The molecule has 10 heavy (non-hydrogen) atoms. The van der Waals surface area contributed by atoms with Crippen molar-refractivity contribution in [2.75, 3.05) is 14.2 Å². The average molecular weight is 147 g/mol. The van der Waals surface area contributed by atoms with Crippen LogP contribution < -0.4 is 0 Å². The molecule has 0 atom stereocenters. The van der Waals surface area contributed by atoms with Crippen molar-refractivity contribution in [2.45, 2.75) is 7.43 Å². The Hall–Kier alpha value is -0.800. The summed E-state index contributed by atoms with van der Waals surface area (Å²) >= 11 is 0. The van der Waals surface area contributed by atoms with Gasteiger partial charge in [-0.3, -0.25) is 0 Å². The number of hydrogen-bond acceptors (Lipinski definition) is 2. The molecule has 0 saturated carbocycles. The molecule has 0 aliphatic heterocycles. The third kappa shape index (κ3) is 15.7. The van der Waals surface area contributed by atoms with Crippen LogP contribution in [0.2, 0.25) is 0 Å². The van der Waals surface area contributed by atoms with E-state index in [1.165, 1.54) is 0 Å². The van der Waals surface area contributed by atoms with Crippen LogP contribution >= 0.6 is 0 Å². The topological polar surface area (TPSA) is 56.2 Å². The number of H-pyrrole nitrogens is 1. The first-order valence-electron chi connectivity index (χ1n) is 2.47. The smallest absolute Gasteiger partial charge is 0.0319 e. The van der Waals surface area contributed by atoms with Gasteiger partial charge in [0.25, 0.3) is 0 Å². The molecular weight excluding hydrogens is 130 g/mol. The Morgan fingerprint density at radius 1 is 0.900 bits per heavy atom. The largest absolute Gasteiger partial charge is 0.400 e. The highest BCUT2D eigenvalue weighted by atomic mass is 16.2. The number of aromatic nitrogens is 1. The molecule has 1 heterocycles. The zero-order chi connectivity index (χ0) is 7.54. The van der Waals surface area contributed by atoms with Crippen molar-refractivity contribution in [3.05, 3.63) is 24.5 Å². The van der Waals surface area contributed by atoms with Crippen LogP contribution in [0, 0.1) is 0 Å². The molecule has 0 saturated heterocycles. The summed E-state index contributed by atoms with van der Waals surface area (Å²) in [6.07, 6.45) is 3.75. The highest BCUT2D eigenvalue weighted by Gasteiger charge is 1.55. The summed E-state index contributed by atoms with van der Waals surface area (Å²) in [6.45, 7) is 0. The number of rotatable bonds is 0. The molecule has 3 N–H and O–H groups in total. The molecule has 3 nitrogen and oxygen atoms in total. The summed E-state index contributed by atoms with van der Waals surface area (Å²) in [5, 5.41) is 14.0. The third-order valence-electron chi connectivity index (χ3n) is 0.496. The first-order chi connectivity index (χ1) is 4.50. The van der Waals surface area contributed by atoms with E-state index in [2.05, 4.69) is 4.98 Å². The molecule has 0 aliphatic carbocycles. The maximum atomic E-state index is 7.00. The van der Waals surface area contributed by atoms with E-state index in [1.807, 2.05) is 24.5 Å². The van der Waals surface area contributed by atoms with Crippen LogP contribution in [-0.2, 0) is 0 Å². The van der Waals surface area contributed by atoms with Crippen LogP contribution in [0.25, 0.3) is 0 Å². The molecule has 0 fully saturated rings. The predicted octanol–water partition coefficient (Wildman–Crippen LogP) is 0.868. The quantitative estimate of drug-likeness (QED) is 0.510. The second-order valence-electron chi connectivity index (χ2n) is 0.885. The van der Waals surface area contributed by atoms with Gasteiger partial charge in [-0.05, 0) is 12.1 Å². The van der Waals surface area contributed by atoms with Crippen molar-refractivity contribution >= 4 is 0 Å². The fourth-order valence-corrected chi connectivity index (χ4v) is 0.278. The molecule has 0 spiro atoms. The number of aliphatic hydroxyl groups is 2. The number of nitrogens with one attached hydrogen (secondary N) is 1. The minimum absolute atomic E-state index is 0. The first-order valence-corrected chi connectivity index (χ1v) is 2.47. The van der Waals surface area contributed by atoms with Gasteiger partial charge in [0.15, 0.2) is 0 Å². The summed E-state index contributed by atoms with van der Waals surface area (Å²) in [7, 11) is 2.00. The second-order valence-corrected chi connectivity index (χ2v) is 0.885.